The molecule has 3 nitrogen and oxygen atoms in total. The summed E-state index contributed by atoms with van der Waals surface area (Å²) in [6.07, 6.45) is 0. The highest BCUT2D eigenvalue weighted by atomic mass is 35.5. The first-order valence-corrected chi connectivity index (χ1v) is 8.01. The first-order chi connectivity index (χ1) is 7.42. The van der Waals surface area contributed by atoms with Gasteiger partial charge < -0.3 is 4.90 Å². The molecule has 0 amide bonds. The molecule has 0 aliphatic carbocycles. The zero-order valence-electron chi connectivity index (χ0n) is 10.2. The molecule has 1 rings (SSSR count). The predicted molar refractivity (Wildman–Crippen MR) is 76.6 cm³/mol. The van der Waals surface area contributed by atoms with Crippen LogP contribution < -0.4 is 0 Å². The maximum atomic E-state index is 11.9. The van der Waals surface area contributed by atoms with E-state index in [9.17, 15) is 8.42 Å². The van der Waals surface area contributed by atoms with Crippen LogP contribution in [0, 0.1) is 6.92 Å². The maximum Gasteiger partial charge on any atom is 0.230 e. The van der Waals surface area contributed by atoms with Gasteiger partial charge in [0, 0.05) is 12.3 Å². The molecule has 0 aliphatic rings. The van der Waals surface area contributed by atoms with Gasteiger partial charge in [-0.3, -0.25) is 0 Å². The van der Waals surface area contributed by atoms with Gasteiger partial charge in [0.25, 0.3) is 0 Å². The van der Waals surface area contributed by atoms with Crippen molar-refractivity contribution in [3.05, 3.63) is 29.8 Å². The van der Waals surface area contributed by atoms with Crippen molar-refractivity contribution in [1.82, 2.24) is 4.90 Å². The van der Waals surface area contributed by atoms with E-state index in [4.69, 9.17) is 0 Å². The van der Waals surface area contributed by atoms with Gasteiger partial charge in [-0.15, -0.1) is 12.4 Å². The summed E-state index contributed by atoms with van der Waals surface area (Å²) in [5.74, 6) is 0.587. The van der Waals surface area contributed by atoms with E-state index >= 15 is 0 Å². The lowest BCUT2D eigenvalue weighted by molar-refractivity contribution is 0.437. The highest BCUT2D eigenvalue weighted by Crippen LogP contribution is 2.23. The van der Waals surface area contributed by atoms with Crippen LogP contribution in [0.15, 0.2) is 29.2 Å². The van der Waals surface area contributed by atoms with Gasteiger partial charge >= 0.3 is 0 Å². The molecule has 0 unspecified atom stereocenters. The van der Waals surface area contributed by atoms with Gasteiger partial charge in [-0.25, -0.2) is 8.42 Å². The summed E-state index contributed by atoms with van der Waals surface area (Å²) >= 11 is 0. The van der Waals surface area contributed by atoms with E-state index in [0.29, 0.717) is 10.6 Å². The van der Waals surface area contributed by atoms with Gasteiger partial charge in [-0.1, -0.05) is 17.7 Å². The first kappa shape index (κ1) is 16.8. The second-order valence-electron chi connectivity index (χ2n) is 3.89. The molecule has 0 aromatic heterocycles. The molecule has 1 aromatic carbocycles. The highest BCUT2D eigenvalue weighted by Gasteiger charge is 2.14. The second-order valence-corrected chi connectivity index (χ2v) is 7.94. The van der Waals surface area contributed by atoms with Crippen LogP contribution in [-0.2, 0) is 8.87 Å². The summed E-state index contributed by atoms with van der Waals surface area (Å²) in [4.78, 5) is 2.36. The van der Waals surface area contributed by atoms with Crippen LogP contribution >= 0.6 is 23.2 Å². The molecule has 0 heterocycles. The fraction of sp³-hybridized carbons (Fsp3) is 0.455. The fourth-order valence-electron chi connectivity index (χ4n) is 1.10. The molecule has 6 heteroatoms. The number of halogens is 1. The van der Waals surface area contributed by atoms with Crippen LogP contribution in [-0.4, -0.2) is 39.7 Å². The van der Waals surface area contributed by atoms with Crippen molar-refractivity contribution in [1.29, 1.82) is 0 Å². The Hall–Kier alpha value is -0.230. The largest absolute Gasteiger partial charge is 0.309 e. The zero-order chi connectivity index (χ0) is 12.2. The number of hydrogen-bond acceptors (Lipinski definition) is 4. The van der Waals surface area contributed by atoms with E-state index in [0.717, 1.165) is 22.9 Å². The van der Waals surface area contributed by atoms with Crippen molar-refractivity contribution in [3.63, 3.8) is 0 Å². The molecular weight excluding hydrogens is 278 g/mol. The minimum atomic E-state index is -3.18. The Morgan fingerprint density at radius 2 is 1.71 bits per heavy atom. The molecule has 17 heavy (non-hydrogen) atoms. The van der Waals surface area contributed by atoms with Crippen molar-refractivity contribution >= 4 is 32.1 Å². The SMILES string of the molecule is Cc1ccc(S(=O)(=O)SCCN(C)C)cc1.Cl. The molecule has 0 aliphatic heterocycles. The monoisotopic (exact) mass is 295 g/mol. The molecule has 0 atom stereocenters. The van der Waals surface area contributed by atoms with E-state index in [1.165, 1.54) is 0 Å². The average molecular weight is 296 g/mol. The third-order valence-electron chi connectivity index (χ3n) is 2.09. The summed E-state index contributed by atoms with van der Waals surface area (Å²) in [5.41, 5.74) is 1.07. The molecule has 0 N–H and O–H groups in total. The lowest BCUT2D eigenvalue weighted by Crippen LogP contribution is -2.15. The normalized spacial score (nSPS) is 11.3. The standard InChI is InChI=1S/C11H17NO2S2.ClH/c1-10-4-6-11(7-5-10)16(13,14)15-9-8-12(2)3;/h4-7H,8-9H2,1-3H3;1H. The maximum absolute atomic E-state index is 11.9. The Balaban J connectivity index is 0.00000256. The van der Waals surface area contributed by atoms with Crippen LogP contribution in [0.5, 0.6) is 0 Å². The third kappa shape index (κ3) is 5.77. The van der Waals surface area contributed by atoms with E-state index < -0.39 is 8.87 Å². The molecule has 0 fully saturated rings. The smallest absolute Gasteiger partial charge is 0.230 e. The minimum absolute atomic E-state index is 0. The Morgan fingerprint density at radius 3 is 2.18 bits per heavy atom. The van der Waals surface area contributed by atoms with Gasteiger partial charge in [0.2, 0.25) is 8.87 Å². The van der Waals surface area contributed by atoms with E-state index in [-0.39, 0.29) is 12.4 Å². The first-order valence-electron chi connectivity index (χ1n) is 5.02. The number of rotatable bonds is 5. The van der Waals surface area contributed by atoms with Crippen LogP contribution in [0.25, 0.3) is 0 Å². The van der Waals surface area contributed by atoms with Crippen molar-refractivity contribution in [2.75, 3.05) is 26.4 Å². The van der Waals surface area contributed by atoms with Crippen LogP contribution in [0.3, 0.4) is 0 Å². The molecule has 0 spiro atoms. The van der Waals surface area contributed by atoms with E-state index in [1.54, 1.807) is 12.1 Å². The van der Waals surface area contributed by atoms with Gasteiger partial charge in [-0.2, -0.15) is 0 Å². The molecule has 0 radical (unpaired) electrons. The van der Waals surface area contributed by atoms with Gasteiger partial charge in [0.05, 0.1) is 4.90 Å². The molecule has 0 saturated heterocycles. The van der Waals surface area contributed by atoms with Crippen LogP contribution in [0.4, 0.5) is 0 Å². The average Bonchev–Trinajstić information content (AvgIpc) is 2.17. The number of hydrogen-bond donors (Lipinski definition) is 0. The summed E-state index contributed by atoms with van der Waals surface area (Å²) in [7, 11) is 1.67. The minimum Gasteiger partial charge on any atom is -0.309 e. The molecule has 1 aromatic rings. The highest BCUT2D eigenvalue weighted by molar-refractivity contribution is 8.72. The van der Waals surface area contributed by atoms with Gasteiger partial charge in [-0.05, 0) is 43.9 Å². The van der Waals surface area contributed by atoms with Crippen molar-refractivity contribution in [2.24, 2.45) is 0 Å². The van der Waals surface area contributed by atoms with Gasteiger partial charge in [0.15, 0.2) is 0 Å². The lowest BCUT2D eigenvalue weighted by atomic mass is 10.2. The Bertz CT molecular complexity index is 429. The van der Waals surface area contributed by atoms with Crippen molar-refractivity contribution in [3.8, 4) is 0 Å². The quantitative estimate of drug-likeness (QED) is 0.782. The number of nitrogens with zero attached hydrogens (tertiary/aromatic N) is 1. The molecular formula is C11H18ClNO2S2. The lowest BCUT2D eigenvalue weighted by Gasteiger charge is -2.09. The summed E-state index contributed by atoms with van der Waals surface area (Å²) in [6.45, 7) is 2.70. The molecule has 0 saturated carbocycles. The summed E-state index contributed by atoms with van der Waals surface area (Å²) < 4.78 is 23.7. The topological polar surface area (TPSA) is 37.4 Å². The Morgan fingerprint density at radius 1 is 1.18 bits per heavy atom. The van der Waals surface area contributed by atoms with Crippen LogP contribution in [0.1, 0.15) is 5.56 Å². The molecule has 0 bridgehead atoms. The van der Waals surface area contributed by atoms with Crippen molar-refractivity contribution in [2.45, 2.75) is 11.8 Å². The predicted octanol–water partition coefficient (Wildman–Crippen LogP) is 2.40. The Kier molecular flexibility index (Phi) is 7.16. The van der Waals surface area contributed by atoms with Gasteiger partial charge in [0.1, 0.15) is 0 Å². The van der Waals surface area contributed by atoms with Crippen molar-refractivity contribution < 1.29 is 8.42 Å². The number of benzene rings is 1. The fourth-order valence-corrected chi connectivity index (χ4v) is 3.99. The summed E-state index contributed by atoms with van der Waals surface area (Å²) in [5, 5.41) is 0. The van der Waals surface area contributed by atoms with Crippen LogP contribution in [0.2, 0.25) is 0 Å². The Labute approximate surface area is 113 Å². The third-order valence-corrected chi connectivity index (χ3v) is 5.60. The van der Waals surface area contributed by atoms with E-state index in [1.807, 2.05) is 38.1 Å². The second kappa shape index (κ2) is 7.26. The zero-order valence-corrected chi connectivity index (χ0v) is 12.7. The van der Waals surface area contributed by atoms with E-state index in [2.05, 4.69) is 0 Å². The molecule has 98 valence electrons. The summed E-state index contributed by atoms with van der Waals surface area (Å²) in [6, 6.07) is 6.96. The number of aryl methyl sites for hydroxylation is 1.